The SMILES string of the molecule is CCCc1cc([C@H]2CCCN2Cc2cc(OC)c(OC)c(OC)c2)no1. The molecule has 3 rings (SSSR count). The fourth-order valence-corrected chi connectivity index (χ4v) is 3.66. The Morgan fingerprint density at radius 2 is 1.85 bits per heavy atom. The van der Waals surface area contributed by atoms with Gasteiger partial charge in [0, 0.05) is 19.0 Å². The first-order chi connectivity index (χ1) is 12.7. The molecule has 0 aliphatic carbocycles. The van der Waals surface area contributed by atoms with E-state index >= 15 is 0 Å². The number of benzene rings is 1. The number of aryl methyl sites for hydroxylation is 1. The quantitative estimate of drug-likeness (QED) is 0.709. The Morgan fingerprint density at radius 1 is 1.12 bits per heavy atom. The van der Waals surface area contributed by atoms with Gasteiger partial charge in [-0.15, -0.1) is 0 Å². The second-order valence-electron chi connectivity index (χ2n) is 6.63. The van der Waals surface area contributed by atoms with E-state index in [2.05, 4.69) is 23.0 Å². The second-order valence-corrected chi connectivity index (χ2v) is 6.63. The maximum atomic E-state index is 5.49. The third-order valence-electron chi connectivity index (χ3n) is 4.89. The smallest absolute Gasteiger partial charge is 0.203 e. The number of hydrogen-bond acceptors (Lipinski definition) is 6. The molecule has 2 aromatic rings. The Morgan fingerprint density at radius 3 is 2.46 bits per heavy atom. The highest BCUT2D eigenvalue weighted by Crippen LogP contribution is 2.40. The van der Waals surface area contributed by atoms with E-state index in [-0.39, 0.29) is 0 Å². The molecule has 1 saturated heterocycles. The third-order valence-corrected chi connectivity index (χ3v) is 4.89. The minimum absolute atomic E-state index is 0.295. The maximum absolute atomic E-state index is 5.49. The molecular formula is C20H28N2O4. The van der Waals surface area contributed by atoms with E-state index in [9.17, 15) is 0 Å². The van der Waals surface area contributed by atoms with Crippen molar-refractivity contribution in [1.29, 1.82) is 0 Å². The summed E-state index contributed by atoms with van der Waals surface area (Å²) in [5.41, 5.74) is 2.17. The zero-order valence-electron chi connectivity index (χ0n) is 16.1. The molecule has 1 aromatic carbocycles. The minimum Gasteiger partial charge on any atom is -0.493 e. The summed E-state index contributed by atoms with van der Waals surface area (Å²) in [6, 6.07) is 6.44. The van der Waals surface area contributed by atoms with Crippen LogP contribution in [0.2, 0.25) is 0 Å². The summed E-state index contributed by atoms with van der Waals surface area (Å²) in [4.78, 5) is 2.44. The van der Waals surface area contributed by atoms with E-state index < -0.39 is 0 Å². The summed E-state index contributed by atoms with van der Waals surface area (Å²) in [7, 11) is 4.91. The van der Waals surface area contributed by atoms with E-state index in [0.717, 1.165) is 55.8 Å². The predicted octanol–water partition coefficient (Wildman–Crippen LogP) is 3.99. The van der Waals surface area contributed by atoms with Crippen LogP contribution in [-0.2, 0) is 13.0 Å². The Kier molecular flexibility index (Phi) is 6.04. The maximum Gasteiger partial charge on any atom is 0.203 e. The first-order valence-electron chi connectivity index (χ1n) is 9.18. The molecule has 6 nitrogen and oxygen atoms in total. The summed E-state index contributed by atoms with van der Waals surface area (Å²) >= 11 is 0. The van der Waals surface area contributed by atoms with Crippen LogP contribution in [-0.4, -0.2) is 37.9 Å². The molecule has 142 valence electrons. The first-order valence-corrected chi connectivity index (χ1v) is 9.18. The molecule has 26 heavy (non-hydrogen) atoms. The standard InChI is InChI=1S/C20H28N2O4/c1-5-7-15-12-16(21-26-15)17-8-6-9-22(17)13-14-10-18(23-2)20(25-4)19(11-14)24-3/h10-12,17H,5-9,13H2,1-4H3/t17-/m1/s1. The van der Waals surface area contributed by atoms with Crippen LogP contribution in [0, 0.1) is 0 Å². The zero-order chi connectivity index (χ0) is 18.5. The van der Waals surface area contributed by atoms with Gasteiger partial charge in [-0.2, -0.15) is 0 Å². The van der Waals surface area contributed by atoms with Crippen LogP contribution in [0.25, 0.3) is 0 Å². The van der Waals surface area contributed by atoms with Gasteiger partial charge in [-0.1, -0.05) is 12.1 Å². The number of hydrogen-bond donors (Lipinski definition) is 0. The van der Waals surface area contributed by atoms with Gasteiger partial charge in [0.2, 0.25) is 5.75 Å². The van der Waals surface area contributed by atoms with Crippen LogP contribution in [0.15, 0.2) is 22.7 Å². The Labute approximate surface area is 155 Å². The minimum atomic E-state index is 0.295. The Hall–Kier alpha value is -2.21. The van der Waals surface area contributed by atoms with Crippen LogP contribution in [0.3, 0.4) is 0 Å². The Balaban J connectivity index is 1.80. The van der Waals surface area contributed by atoms with Crippen LogP contribution >= 0.6 is 0 Å². The summed E-state index contributed by atoms with van der Waals surface area (Å²) in [6.45, 7) is 3.99. The number of methoxy groups -OCH3 is 3. The average Bonchev–Trinajstić information content (AvgIpc) is 3.30. The molecule has 0 radical (unpaired) electrons. The van der Waals surface area contributed by atoms with Gasteiger partial charge in [0.25, 0.3) is 0 Å². The molecule has 1 aliphatic rings. The zero-order valence-corrected chi connectivity index (χ0v) is 16.1. The van der Waals surface area contributed by atoms with Gasteiger partial charge in [-0.3, -0.25) is 4.90 Å². The van der Waals surface area contributed by atoms with Crippen molar-refractivity contribution >= 4 is 0 Å². The topological polar surface area (TPSA) is 57.0 Å². The molecule has 0 N–H and O–H groups in total. The molecule has 2 heterocycles. The van der Waals surface area contributed by atoms with Crippen molar-refractivity contribution in [3.63, 3.8) is 0 Å². The van der Waals surface area contributed by atoms with Gasteiger partial charge in [-0.05, 0) is 43.5 Å². The lowest BCUT2D eigenvalue weighted by atomic mass is 10.1. The van der Waals surface area contributed by atoms with Gasteiger partial charge in [0.1, 0.15) is 11.5 Å². The van der Waals surface area contributed by atoms with E-state index in [4.69, 9.17) is 18.7 Å². The lowest BCUT2D eigenvalue weighted by molar-refractivity contribution is 0.235. The van der Waals surface area contributed by atoms with Crippen LogP contribution < -0.4 is 14.2 Å². The highest BCUT2D eigenvalue weighted by Gasteiger charge is 2.29. The lowest BCUT2D eigenvalue weighted by Crippen LogP contribution is -2.23. The molecule has 1 aromatic heterocycles. The fourth-order valence-electron chi connectivity index (χ4n) is 3.66. The average molecular weight is 360 g/mol. The Bertz CT molecular complexity index is 703. The van der Waals surface area contributed by atoms with E-state index in [1.54, 1.807) is 21.3 Å². The van der Waals surface area contributed by atoms with Crippen LogP contribution in [0.4, 0.5) is 0 Å². The number of ether oxygens (including phenoxy) is 3. The second kappa shape index (κ2) is 8.45. The van der Waals surface area contributed by atoms with Crippen molar-refractivity contribution in [2.45, 2.75) is 45.2 Å². The number of rotatable bonds is 8. The van der Waals surface area contributed by atoms with Gasteiger partial charge in [-0.25, -0.2) is 0 Å². The summed E-state index contributed by atoms with van der Waals surface area (Å²) < 4.78 is 21.8. The van der Waals surface area contributed by atoms with E-state index in [1.807, 2.05) is 12.1 Å². The van der Waals surface area contributed by atoms with Gasteiger partial charge >= 0.3 is 0 Å². The molecule has 0 amide bonds. The monoisotopic (exact) mass is 360 g/mol. The van der Waals surface area contributed by atoms with Gasteiger partial charge in [0.15, 0.2) is 11.5 Å². The van der Waals surface area contributed by atoms with Gasteiger partial charge in [0.05, 0.1) is 27.4 Å². The van der Waals surface area contributed by atoms with Crippen molar-refractivity contribution in [2.75, 3.05) is 27.9 Å². The number of nitrogens with zero attached hydrogens (tertiary/aromatic N) is 2. The number of likely N-dealkylation sites (tertiary alicyclic amines) is 1. The van der Waals surface area contributed by atoms with Crippen molar-refractivity contribution in [1.82, 2.24) is 10.1 Å². The highest BCUT2D eigenvalue weighted by atomic mass is 16.5. The fraction of sp³-hybridized carbons (Fsp3) is 0.550. The summed E-state index contributed by atoms with van der Waals surface area (Å²) in [5, 5.41) is 4.32. The van der Waals surface area contributed by atoms with Crippen LogP contribution in [0.1, 0.15) is 49.2 Å². The normalized spacial score (nSPS) is 17.5. The molecule has 1 atom stereocenters. The molecule has 0 saturated carbocycles. The molecule has 0 unspecified atom stereocenters. The lowest BCUT2D eigenvalue weighted by Gasteiger charge is -2.23. The molecule has 0 spiro atoms. The van der Waals surface area contributed by atoms with Gasteiger partial charge < -0.3 is 18.7 Å². The molecule has 1 fully saturated rings. The predicted molar refractivity (Wildman–Crippen MR) is 99.0 cm³/mol. The van der Waals surface area contributed by atoms with Crippen molar-refractivity contribution in [3.8, 4) is 17.2 Å². The van der Waals surface area contributed by atoms with E-state index in [0.29, 0.717) is 23.3 Å². The van der Waals surface area contributed by atoms with Crippen LogP contribution in [0.5, 0.6) is 17.2 Å². The molecule has 6 heteroatoms. The molecule has 1 aliphatic heterocycles. The molecular weight excluding hydrogens is 332 g/mol. The number of aromatic nitrogens is 1. The third kappa shape index (κ3) is 3.80. The highest BCUT2D eigenvalue weighted by molar-refractivity contribution is 5.53. The largest absolute Gasteiger partial charge is 0.493 e. The first kappa shape index (κ1) is 18.6. The summed E-state index contributed by atoms with van der Waals surface area (Å²) in [5.74, 6) is 2.97. The summed E-state index contributed by atoms with van der Waals surface area (Å²) in [6.07, 6.45) is 4.26. The van der Waals surface area contributed by atoms with E-state index in [1.165, 1.54) is 0 Å². The van der Waals surface area contributed by atoms with Crippen molar-refractivity contribution < 1.29 is 18.7 Å². The van der Waals surface area contributed by atoms with Crippen molar-refractivity contribution in [3.05, 3.63) is 35.2 Å². The van der Waals surface area contributed by atoms with Crippen molar-refractivity contribution in [2.24, 2.45) is 0 Å². The molecule has 0 bridgehead atoms.